The molecule has 0 bridgehead atoms. The molecule has 1 atom stereocenters. The number of aryl methyl sites for hydroxylation is 1. The molecule has 0 saturated heterocycles. The lowest BCUT2D eigenvalue weighted by atomic mass is 9.99. The zero-order chi connectivity index (χ0) is 12.3. The highest BCUT2D eigenvalue weighted by molar-refractivity contribution is 9.10. The standard InChI is InChI=1S/C12H13BrO3/c1-7-3-4-9(12(16)8(2)13)5-10(7)6-11(14)15/h3-5,8H,6H2,1-2H3,(H,14,15). The number of carboxylic acid groups (broad SMARTS) is 1. The molecule has 1 rings (SSSR count). The van der Waals surface area contributed by atoms with Crippen molar-refractivity contribution < 1.29 is 14.7 Å². The molecule has 0 spiro atoms. The molecule has 0 aromatic heterocycles. The van der Waals surface area contributed by atoms with Gasteiger partial charge in [0.2, 0.25) is 0 Å². The predicted molar refractivity (Wildman–Crippen MR) is 65.2 cm³/mol. The van der Waals surface area contributed by atoms with Crippen LogP contribution in [0.25, 0.3) is 0 Å². The molecule has 0 radical (unpaired) electrons. The summed E-state index contributed by atoms with van der Waals surface area (Å²) in [6.07, 6.45) is -0.0520. The van der Waals surface area contributed by atoms with Crippen LogP contribution in [0.2, 0.25) is 0 Å². The first-order chi connectivity index (χ1) is 7.41. The van der Waals surface area contributed by atoms with E-state index in [4.69, 9.17) is 5.11 Å². The zero-order valence-corrected chi connectivity index (χ0v) is 10.7. The first-order valence-corrected chi connectivity index (χ1v) is 5.83. The molecule has 4 heteroatoms. The van der Waals surface area contributed by atoms with Gasteiger partial charge in [0.15, 0.2) is 5.78 Å². The summed E-state index contributed by atoms with van der Waals surface area (Å²) in [6, 6.07) is 5.16. The van der Waals surface area contributed by atoms with Crippen LogP contribution < -0.4 is 0 Å². The fraction of sp³-hybridized carbons (Fsp3) is 0.333. The van der Waals surface area contributed by atoms with Crippen LogP contribution in [-0.2, 0) is 11.2 Å². The lowest BCUT2D eigenvalue weighted by Gasteiger charge is -2.07. The summed E-state index contributed by atoms with van der Waals surface area (Å²) in [5.74, 6) is -0.925. The average Bonchev–Trinajstić information content (AvgIpc) is 2.19. The molecule has 3 nitrogen and oxygen atoms in total. The van der Waals surface area contributed by atoms with Gasteiger partial charge in [-0.25, -0.2) is 0 Å². The third kappa shape index (κ3) is 3.17. The van der Waals surface area contributed by atoms with E-state index in [1.807, 2.05) is 6.92 Å². The van der Waals surface area contributed by atoms with Crippen LogP contribution >= 0.6 is 15.9 Å². The molecule has 0 saturated carbocycles. The summed E-state index contributed by atoms with van der Waals surface area (Å²) in [4.78, 5) is 22.1. The van der Waals surface area contributed by atoms with Crippen LogP contribution in [0, 0.1) is 6.92 Å². The maximum atomic E-state index is 11.7. The summed E-state index contributed by atoms with van der Waals surface area (Å²) in [5.41, 5.74) is 2.12. The molecule has 1 N–H and O–H groups in total. The molecule has 0 aliphatic carbocycles. The SMILES string of the molecule is Cc1ccc(C(=O)C(C)Br)cc1CC(=O)O. The van der Waals surface area contributed by atoms with Crippen molar-refractivity contribution in [2.45, 2.75) is 25.1 Å². The Kier molecular flexibility index (Phi) is 4.24. The van der Waals surface area contributed by atoms with Gasteiger partial charge in [-0.2, -0.15) is 0 Å². The number of carboxylic acids is 1. The summed E-state index contributed by atoms with van der Waals surface area (Å²) >= 11 is 3.20. The number of benzene rings is 1. The van der Waals surface area contributed by atoms with Gasteiger partial charge < -0.3 is 5.11 Å². The maximum absolute atomic E-state index is 11.7. The van der Waals surface area contributed by atoms with Crippen molar-refractivity contribution in [2.24, 2.45) is 0 Å². The number of carbonyl (C=O) groups excluding carboxylic acids is 1. The number of rotatable bonds is 4. The number of carbonyl (C=O) groups is 2. The van der Waals surface area contributed by atoms with Gasteiger partial charge in [0.25, 0.3) is 0 Å². The number of alkyl halides is 1. The van der Waals surface area contributed by atoms with E-state index in [0.717, 1.165) is 5.56 Å². The van der Waals surface area contributed by atoms with E-state index in [-0.39, 0.29) is 17.0 Å². The molecule has 1 unspecified atom stereocenters. The minimum atomic E-state index is -0.889. The molecular formula is C12H13BrO3. The minimum Gasteiger partial charge on any atom is -0.481 e. The van der Waals surface area contributed by atoms with Crippen molar-refractivity contribution in [1.82, 2.24) is 0 Å². The van der Waals surface area contributed by atoms with Crippen molar-refractivity contribution in [3.8, 4) is 0 Å². The minimum absolute atomic E-state index is 0.0355. The second-order valence-corrected chi connectivity index (χ2v) is 5.07. The normalized spacial score (nSPS) is 12.2. The van der Waals surface area contributed by atoms with Crippen molar-refractivity contribution in [3.05, 3.63) is 34.9 Å². The average molecular weight is 285 g/mol. The van der Waals surface area contributed by atoms with Crippen molar-refractivity contribution in [3.63, 3.8) is 0 Å². The van der Waals surface area contributed by atoms with Gasteiger partial charge >= 0.3 is 5.97 Å². The Morgan fingerprint density at radius 1 is 1.44 bits per heavy atom. The number of hydrogen-bond donors (Lipinski definition) is 1. The molecular weight excluding hydrogens is 272 g/mol. The van der Waals surface area contributed by atoms with Gasteiger partial charge in [0.05, 0.1) is 11.2 Å². The number of Topliss-reactive ketones (excluding diaryl/α,β-unsaturated/α-hetero) is 1. The van der Waals surface area contributed by atoms with E-state index in [0.29, 0.717) is 11.1 Å². The van der Waals surface area contributed by atoms with E-state index in [9.17, 15) is 9.59 Å². The Bertz CT molecular complexity index is 424. The second-order valence-electron chi connectivity index (χ2n) is 3.69. The van der Waals surface area contributed by atoms with E-state index in [1.54, 1.807) is 25.1 Å². The summed E-state index contributed by atoms with van der Waals surface area (Å²) in [5, 5.41) is 8.74. The monoisotopic (exact) mass is 284 g/mol. The van der Waals surface area contributed by atoms with Gasteiger partial charge in [-0.1, -0.05) is 28.1 Å². The largest absolute Gasteiger partial charge is 0.481 e. The van der Waals surface area contributed by atoms with Crippen LogP contribution in [0.15, 0.2) is 18.2 Å². The Morgan fingerprint density at radius 2 is 2.06 bits per heavy atom. The highest BCUT2D eigenvalue weighted by Crippen LogP contribution is 2.15. The lowest BCUT2D eigenvalue weighted by Crippen LogP contribution is -2.11. The van der Waals surface area contributed by atoms with Crippen molar-refractivity contribution in [1.29, 1.82) is 0 Å². The molecule has 0 heterocycles. The van der Waals surface area contributed by atoms with Crippen molar-refractivity contribution >= 4 is 27.7 Å². The number of ketones is 1. The topological polar surface area (TPSA) is 54.4 Å². The third-order valence-electron chi connectivity index (χ3n) is 2.34. The number of aliphatic carboxylic acids is 1. The Balaban J connectivity index is 3.07. The molecule has 86 valence electrons. The maximum Gasteiger partial charge on any atom is 0.307 e. The van der Waals surface area contributed by atoms with E-state index in [2.05, 4.69) is 15.9 Å². The van der Waals surface area contributed by atoms with Crippen LogP contribution in [0.5, 0.6) is 0 Å². The Morgan fingerprint density at radius 3 is 2.56 bits per heavy atom. The van der Waals surface area contributed by atoms with E-state index >= 15 is 0 Å². The molecule has 0 fully saturated rings. The van der Waals surface area contributed by atoms with Crippen LogP contribution in [0.1, 0.15) is 28.4 Å². The fourth-order valence-electron chi connectivity index (χ4n) is 1.41. The molecule has 0 amide bonds. The van der Waals surface area contributed by atoms with Gasteiger partial charge in [-0.15, -0.1) is 0 Å². The molecule has 16 heavy (non-hydrogen) atoms. The Hall–Kier alpha value is -1.16. The molecule has 1 aromatic rings. The number of halogens is 1. The smallest absolute Gasteiger partial charge is 0.307 e. The van der Waals surface area contributed by atoms with Crippen LogP contribution in [0.3, 0.4) is 0 Å². The summed E-state index contributed by atoms with van der Waals surface area (Å²) < 4.78 is 0. The second kappa shape index (κ2) is 5.25. The highest BCUT2D eigenvalue weighted by atomic mass is 79.9. The van der Waals surface area contributed by atoms with Crippen LogP contribution in [0.4, 0.5) is 0 Å². The predicted octanol–water partition coefficient (Wildman–Crippen LogP) is 2.59. The molecule has 0 aliphatic heterocycles. The van der Waals surface area contributed by atoms with E-state index in [1.165, 1.54) is 0 Å². The summed E-state index contributed by atoms with van der Waals surface area (Å²) in [7, 11) is 0. The van der Waals surface area contributed by atoms with Crippen molar-refractivity contribution in [2.75, 3.05) is 0 Å². The lowest BCUT2D eigenvalue weighted by molar-refractivity contribution is -0.136. The zero-order valence-electron chi connectivity index (χ0n) is 9.16. The molecule has 1 aromatic carbocycles. The fourth-order valence-corrected chi connectivity index (χ4v) is 1.67. The van der Waals surface area contributed by atoms with E-state index < -0.39 is 5.97 Å². The van der Waals surface area contributed by atoms with Gasteiger partial charge in [0, 0.05) is 5.56 Å². The first-order valence-electron chi connectivity index (χ1n) is 4.91. The molecule has 0 aliphatic rings. The number of hydrogen-bond acceptors (Lipinski definition) is 2. The van der Waals surface area contributed by atoms with Crippen LogP contribution in [-0.4, -0.2) is 21.7 Å². The third-order valence-corrected chi connectivity index (χ3v) is 2.75. The van der Waals surface area contributed by atoms with Gasteiger partial charge in [-0.05, 0) is 31.0 Å². The quantitative estimate of drug-likeness (QED) is 0.683. The Labute approximate surface area is 103 Å². The van der Waals surface area contributed by atoms with Gasteiger partial charge in [0.1, 0.15) is 0 Å². The first kappa shape index (κ1) is 12.9. The van der Waals surface area contributed by atoms with Gasteiger partial charge in [-0.3, -0.25) is 9.59 Å². The summed E-state index contributed by atoms with van der Waals surface area (Å²) in [6.45, 7) is 3.59. The highest BCUT2D eigenvalue weighted by Gasteiger charge is 2.13.